The van der Waals surface area contributed by atoms with Gasteiger partial charge in [-0.15, -0.1) is 5.10 Å². The zero-order valence-electron chi connectivity index (χ0n) is 9.56. The van der Waals surface area contributed by atoms with Crippen molar-refractivity contribution < 1.29 is 4.79 Å². The second-order valence-electron chi connectivity index (χ2n) is 3.95. The largest absolute Gasteiger partial charge is 0.333 e. The number of nitrogens with one attached hydrogen (secondary N) is 1. The van der Waals surface area contributed by atoms with Crippen molar-refractivity contribution in [1.29, 1.82) is 0 Å². The van der Waals surface area contributed by atoms with E-state index in [1.165, 1.54) is 11.5 Å². The molecule has 0 aliphatic carbocycles. The number of hydrogen-bond donors (Lipinski definition) is 1. The van der Waals surface area contributed by atoms with Crippen LogP contribution < -0.4 is 5.32 Å². The highest BCUT2D eigenvalue weighted by atomic mass is 32.1. The van der Waals surface area contributed by atoms with Gasteiger partial charge in [0.25, 0.3) is 5.91 Å². The van der Waals surface area contributed by atoms with E-state index in [2.05, 4.69) is 21.8 Å². The van der Waals surface area contributed by atoms with E-state index < -0.39 is 0 Å². The predicted molar refractivity (Wildman–Crippen MR) is 62.7 cm³/mol. The number of carbonyl (C=O) groups excluding carboxylic acids is 1. The molecule has 1 aliphatic heterocycles. The predicted octanol–water partition coefficient (Wildman–Crippen LogP) is 0.534. The van der Waals surface area contributed by atoms with Gasteiger partial charge in [0.1, 0.15) is 4.88 Å². The second kappa shape index (κ2) is 4.88. The molecular formula is C10H16N4OS. The minimum atomic E-state index is 0.0841. The standard InChI is InChI=1S/C10H16N4OS/c1-3-8-9(16-13-12-8)10(15)14-5-4-11-6-7(14)2/h7,11H,3-6H2,1-2H3. The van der Waals surface area contributed by atoms with Crippen molar-refractivity contribution in [2.45, 2.75) is 26.3 Å². The summed E-state index contributed by atoms with van der Waals surface area (Å²) in [4.78, 5) is 14.9. The zero-order chi connectivity index (χ0) is 11.5. The van der Waals surface area contributed by atoms with Crippen LogP contribution in [0.5, 0.6) is 0 Å². The molecule has 1 fully saturated rings. The Labute approximate surface area is 99.0 Å². The smallest absolute Gasteiger partial charge is 0.267 e. The lowest BCUT2D eigenvalue weighted by Gasteiger charge is -2.33. The van der Waals surface area contributed by atoms with Crippen molar-refractivity contribution in [3.8, 4) is 0 Å². The molecule has 5 nitrogen and oxygen atoms in total. The highest BCUT2D eigenvalue weighted by molar-refractivity contribution is 7.08. The number of hydrogen-bond acceptors (Lipinski definition) is 5. The van der Waals surface area contributed by atoms with E-state index in [-0.39, 0.29) is 11.9 Å². The Balaban J connectivity index is 2.17. The number of aromatic nitrogens is 2. The summed E-state index contributed by atoms with van der Waals surface area (Å²) in [6.45, 7) is 6.54. The van der Waals surface area contributed by atoms with E-state index >= 15 is 0 Å². The third kappa shape index (κ3) is 2.08. The fourth-order valence-corrected chi connectivity index (χ4v) is 2.58. The van der Waals surface area contributed by atoms with Crippen LogP contribution in [0.4, 0.5) is 0 Å². The number of nitrogens with zero attached hydrogens (tertiary/aromatic N) is 3. The Hall–Kier alpha value is -1.01. The SMILES string of the molecule is CCc1nnsc1C(=O)N1CCNCC1C. The van der Waals surface area contributed by atoms with E-state index in [1.54, 1.807) is 0 Å². The van der Waals surface area contributed by atoms with Gasteiger partial charge in [-0.3, -0.25) is 4.79 Å². The molecule has 1 aromatic rings. The number of amides is 1. The maximum absolute atomic E-state index is 12.3. The Morgan fingerprint density at radius 3 is 3.19 bits per heavy atom. The van der Waals surface area contributed by atoms with Crippen LogP contribution in [-0.2, 0) is 6.42 Å². The third-order valence-corrected chi connectivity index (χ3v) is 3.60. The van der Waals surface area contributed by atoms with Crippen molar-refractivity contribution in [3.63, 3.8) is 0 Å². The van der Waals surface area contributed by atoms with Gasteiger partial charge in [0.2, 0.25) is 0 Å². The molecule has 0 saturated carbocycles. The highest BCUT2D eigenvalue weighted by Crippen LogP contribution is 2.16. The van der Waals surface area contributed by atoms with Crippen molar-refractivity contribution in [1.82, 2.24) is 19.8 Å². The molecule has 88 valence electrons. The molecule has 2 rings (SSSR count). The fourth-order valence-electron chi connectivity index (χ4n) is 1.88. The highest BCUT2D eigenvalue weighted by Gasteiger charge is 2.27. The molecule has 1 atom stereocenters. The number of piperazine rings is 1. The molecule has 0 bridgehead atoms. The molecule has 1 aromatic heterocycles. The lowest BCUT2D eigenvalue weighted by Crippen LogP contribution is -2.52. The Kier molecular flexibility index (Phi) is 3.50. The number of carbonyl (C=O) groups is 1. The van der Waals surface area contributed by atoms with E-state index in [4.69, 9.17) is 0 Å². The van der Waals surface area contributed by atoms with E-state index in [1.807, 2.05) is 11.8 Å². The first-order chi connectivity index (χ1) is 7.74. The summed E-state index contributed by atoms with van der Waals surface area (Å²) in [5.74, 6) is 0.0841. The molecule has 0 aromatic carbocycles. The van der Waals surface area contributed by atoms with E-state index in [0.717, 1.165) is 31.7 Å². The van der Waals surface area contributed by atoms with E-state index in [0.29, 0.717) is 4.88 Å². The monoisotopic (exact) mass is 240 g/mol. The van der Waals surface area contributed by atoms with Gasteiger partial charge < -0.3 is 10.2 Å². The molecule has 1 aliphatic rings. The molecule has 1 saturated heterocycles. The minimum absolute atomic E-state index is 0.0841. The maximum atomic E-state index is 12.3. The molecular weight excluding hydrogens is 224 g/mol. The molecule has 16 heavy (non-hydrogen) atoms. The van der Waals surface area contributed by atoms with Crippen LogP contribution in [0.15, 0.2) is 0 Å². The Bertz CT molecular complexity index is 379. The first kappa shape index (κ1) is 11.5. The van der Waals surface area contributed by atoms with Gasteiger partial charge in [-0.1, -0.05) is 11.4 Å². The third-order valence-electron chi connectivity index (χ3n) is 2.85. The minimum Gasteiger partial charge on any atom is -0.333 e. The summed E-state index contributed by atoms with van der Waals surface area (Å²) in [6.07, 6.45) is 0.762. The fraction of sp³-hybridized carbons (Fsp3) is 0.700. The van der Waals surface area contributed by atoms with Gasteiger partial charge in [0, 0.05) is 25.7 Å². The Morgan fingerprint density at radius 2 is 2.50 bits per heavy atom. The zero-order valence-corrected chi connectivity index (χ0v) is 10.4. The van der Waals surface area contributed by atoms with Gasteiger partial charge in [-0.25, -0.2) is 0 Å². The van der Waals surface area contributed by atoms with Gasteiger partial charge >= 0.3 is 0 Å². The molecule has 1 N–H and O–H groups in total. The van der Waals surface area contributed by atoms with Gasteiger partial charge in [0.15, 0.2) is 0 Å². The first-order valence-corrected chi connectivity index (χ1v) is 6.34. The maximum Gasteiger partial charge on any atom is 0.267 e. The van der Waals surface area contributed by atoms with Crippen LogP contribution in [0, 0.1) is 0 Å². The van der Waals surface area contributed by atoms with Gasteiger partial charge in [-0.2, -0.15) is 0 Å². The summed E-state index contributed by atoms with van der Waals surface area (Å²) in [6, 6.07) is 0.244. The summed E-state index contributed by atoms with van der Waals surface area (Å²) < 4.78 is 3.86. The average Bonchev–Trinajstić information content (AvgIpc) is 2.77. The van der Waals surface area contributed by atoms with Crippen LogP contribution in [0.3, 0.4) is 0 Å². The lowest BCUT2D eigenvalue weighted by atomic mass is 10.2. The topological polar surface area (TPSA) is 58.1 Å². The van der Waals surface area contributed by atoms with Crippen LogP contribution >= 0.6 is 11.5 Å². The van der Waals surface area contributed by atoms with Gasteiger partial charge in [0.05, 0.1) is 5.69 Å². The van der Waals surface area contributed by atoms with Crippen molar-refractivity contribution >= 4 is 17.4 Å². The number of aryl methyl sites for hydroxylation is 1. The number of rotatable bonds is 2. The molecule has 6 heteroatoms. The van der Waals surface area contributed by atoms with Crippen LogP contribution in [0.2, 0.25) is 0 Å². The molecule has 1 amide bonds. The second-order valence-corrected chi connectivity index (χ2v) is 4.71. The van der Waals surface area contributed by atoms with Crippen LogP contribution in [0.25, 0.3) is 0 Å². The van der Waals surface area contributed by atoms with Crippen LogP contribution in [-0.4, -0.2) is 46.1 Å². The Morgan fingerprint density at radius 1 is 1.69 bits per heavy atom. The van der Waals surface area contributed by atoms with Crippen molar-refractivity contribution in [2.24, 2.45) is 0 Å². The molecule has 1 unspecified atom stereocenters. The molecule has 2 heterocycles. The first-order valence-electron chi connectivity index (χ1n) is 5.57. The summed E-state index contributed by atoms with van der Waals surface area (Å²) in [7, 11) is 0. The van der Waals surface area contributed by atoms with E-state index in [9.17, 15) is 4.79 Å². The molecule has 0 radical (unpaired) electrons. The average molecular weight is 240 g/mol. The van der Waals surface area contributed by atoms with Crippen LogP contribution in [0.1, 0.15) is 29.2 Å². The lowest BCUT2D eigenvalue weighted by molar-refractivity contribution is 0.0659. The molecule has 0 spiro atoms. The summed E-state index contributed by atoms with van der Waals surface area (Å²) >= 11 is 1.21. The summed E-state index contributed by atoms with van der Waals surface area (Å²) in [5.41, 5.74) is 0.820. The van der Waals surface area contributed by atoms with Gasteiger partial charge in [-0.05, 0) is 24.9 Å². The van der Waals surface area contributed by atoms with Crippen molar-refractivity contribution in [2.75, 3.05) is 19.6 Å². The normalized spacial score (nSPS) is 21.1. The van der Waals surface area contributed by atoms with Crippen molar-refractivity contribution in [3.05, 3.63) is 10.6 Å². The summed E-state index contributed by atoms with van der Waals surface area (Å²) in [5, 5.41) is 7.25. The quantitative estimate of drug-likeness (QED) is 0.819.